The van der Waals surface area contributed by atoms with Gasteiger partial charge in [-0.05, 0) is 56.3 Å². The highest BCUT2D eigenvalue weighted by Crippen LogP contribution is 2.30. The minimum Gasteiger partial charge on any atom is -0.310 e. The predicted molar refractivity (Wildman–Crippen MR) is 83.0 cm³/mol. The zero-order valence-electron chi connectivity index (χ0n) is 12.9. The molecule has 0 saturated heterocycles. The van der Waals surface area contributed by atoms with E-state index in [1.165, 1.54) is 11.8 Å². The number of nitrogens with one attached hydrogen (secondary N) is 1. The van der Waals surface area contributed by atoms with Crippen molar-refractivity contribution in [1.82, 2.24) is 20.1 Å². The normalized spacial score (nSPS) is 12.6. The Hall–Kier alpha value is -1.40. The lowest BCUT2D eigenvalue weighted by Crippen LogP contribution is -2.19. The van der Waals surface area contributed by atoms with Crippen LogP contribution in [0.2, 0.25) is 0 Å². The first-order chi connectivity index (χ1) is 10.0. The molecule has 1 atom stereocenters. The summed E-state index contributed by atoms with van der Waals surface area (Å²) in [5.41, 5.74) is 0.958. The molecule has 6 heteroatoms. The van der Waals surface area contributed by atoms with Gasteiger partial charge in [0.05, 0.1) is 4.90 Å². The number of hydrogen-bond donors (Lipinski definition) is 1. The molecule has 0 aliphatic carbocycles. The van der Waals surface area contributed by atoms with Gasteiger partial charge in [0, 0.05) is 13.1 Å². The van der Waals surface area contributed by atoms with Gasteiger partial charge in [-0.3, -0.25) is 0 Å². The molecule has 1 heterocycles. The van der Waals surface area contributed by atoms with E-state index < -0.39 is 0 Å². The first-order valence-corrected chi connectivity index (χ1v) is 7.91. The van der Waals surface area contributed by atoms with E-state index in [9.17, 15) is 4.39 Å². The lowest BCUT2D eigenvalue weighted by Gasteiger charge is -2.14. The van der Waals surface area contributed by atoms with Gasteiger partial charge in [0.25, 0.3) is 0 Å². The highest BCUT2D eigenvalue weighted by atomic mass is 32.2. The van der Waals surface area contributed by atoms with Gasteiger partial charge >= 0.3 is 0 Å². The highest BCUT2D eigenvalue weighted by Gasteiger charge is 2.13. The molecule has 1 aromatic heterocycles. The molecule has 1 N–H and O–H groups in total. The Balaban J connectivity index is 2.14. The Labute approximate surface area is 129 Å². The number of rotatable bonds is 6. The monoisotopic (exact) mass is 308 g/mol. The summed E-state index contributed by atoms with van der Waals surface area (Å²) in [6, 6.07) is 5.51. The lowest BCUT2D eigenvalue weighted by molar-refractivity contribution is 0.556. The fourth-order valence-corrected chi connectivity index (χ4v) is 2.76. The van der Waals surface area contributed by atoms with Crippen LogP contribution in [-0.2, 0) is 7.05 Å². The molecule has 0 spiro atoms. The van der Waals surface area contributed by atoms with Gasteiger partial charge in [0.15, 0.2) is 5.16 Å². The van der Waals surface area contributed by atoms with Crippen LogP contribution in [0.3, 0.4) is 0 Å². The van der Waals surface area contributed by atoms with Crippen LogP contribution in [0, 0.1) is 12.7 Å². The van der Waals surface area contributed by atoms with Crippen LogP contribution in [0.15, 0.2) is 28.3 Å². The van der Waals surface area contributed by atoms with E-state index in [1.807, 2.05) is 37.6 Å². The maximum absolute atomic E-state index is 14.3. The summed E-state index contributed by atoms with van der Waals surface area (Å²) in [5.74, 6) is 0.593. The molecule has 0 radical (unpaired) electrons. The number of aryl methyl sites for hydroxylation is 1. The molecule has 0 amide bonds. The number of hydrogen-bond acceptors (Lipinski definition) is 4. The van der Waals surface area contributed by atoms with Gasteiger partial charge in [0.2, 0.25) is 0 Å². The van der Waals surface area contributed by atoms with Crippen molar-refractivity contribution < 1.29 is 4.39 Å². The van der Waals surface area contributed by atoms with E-state index in [1.54, 1.807) is 6.07 Å². The molecule has 114 valence electrons. The number of halogens is 1. The van der Waals surface area contributed by atoms with E-state index in [0.717, 1.165) is 24.4 Å². The summed E-state index contributed by atoms with van der Waals surface area (Å²) in [4.78, 5) is 0.567. The van der Waals surface area contributed by atoms with E-state index in [0.29, 0.717) is 10.1 Å². The predicted octanol–water partition coefficient (Wildman–Crippen LogP) is 3.47. The average Bonchev–Trinajstić information content (AvgIpc) is 2.78. The zero-order chi connectivity index (χ0) is 15.4. The standard InChI is InChI=1S/C15H21FN4S/c1-5-8-17-10(2)12-6-7-14(13(16)9-12)21-15-19-18-11(3)20(15)4/h6-7,9-10,17H,5,8H2,1-4H3. The molecule has 1 aromatic carbocycles. The third kappa shape index (κ3) is 3.83. The summed E-state index contributed by atoms with van der Waals surface area (Å²) in [7, 11) is 1.88. The Kier molecular flexibility index (Phi) is 5.36. The quantitative estimate of drug-likeness (QED) is 0.887. The Bertz CT molecular complexity index is 612. The summed E-state index contributed by atoms with van der Waals surface area (Å²) in [5, 5.41) is 12.1. The molecule has 0 aliphatic heterocycles. The molecule has 1 unspecified atom stereocenters. The van der Waals surface area contributed by atoms with Crippen molar-refractivity contribution in [3.05, 3.63) is 35.4 Å². The molecular formula is C15H21FN4S. The molecule has 0 saturated carbocycles. The second-order valence-corrected chi connectivity index (χ2v) is 6.07. The SMILES string of the molecule is CCCNC(C)c1ccc(Sc2nnc(C)n2C)c(F)c1. The van der Waals surface area contributed by atoms with Crippen LogP contribution < -0.4 is 5.32 Å². The van der Waals surface area contributed by atoms with Crippen LogP contribution in [-0.4, -0.2) is 21.3 Å². The van der Waals surface area contributed by atoms with Crippen LogP contribution >= 0.6 is 11.8 Å². The largest absolute Gasteiger partial charge is 0.310 e. The Morgan fingerprint density at radius 1 is 1.38 bits per heavy atom. The average molecular weight is 308 g/mol. The maximum Gasteiger partial charge on any atom is 0.195 e. The van der Waals surface area contributed by atoms with Gasteiger partial charge in [0.1, 0.15) is 11.6 Å². The van der Waals surface area contributed by atoms with Gasteiger partial charge in [-0.25, -0.2) is 4.39 Å². The summed E-state index contributed by atoms with van der Waals surface area (Å²) >= 11 is 1.29. The van der Waals surface area contributed by atoms with E-state index in [4.69, 9.17) is 0 Å². The number of benzene rings is 1. The minimum atomic E-state index is -0.219. The lowest BCUT2D eigenvalue weighted by atomic mass is 10.1. The van der Waals surface area contributed by atoms with Gasteiger partial charge in [-0.2, -0.15) is 0 Å². The first-order valence-electron chi connectivity index (χ1n) is 7.09. The fraction of sp³-hybridized carbons (Fsp3) is 0.467. The van der Waals surface area contributed by atoms with Crippen molar-refractivity contribution in [2.75, 3.05) is 6.54 Å². The Morgan fingerprint density at radius 2 is 2.14 bits per heavy atom. The third-order valence-corrected chi connectivity index (χ3v) is 4.50. The molecule has 0 bridgehead atoms. The van der Waals surface area contributed by atoms with Crippen molar-refractivity contribution in [3.63, 3.8) is 0 Å². The van der Waals surface area contributed by atoms with Gasteiger partial charge < -0.3 is 9.88 Å². The van der Waals surface area contributed by atoms with Crippen LogP contribution in [0.1, 0.15) is 37.7 Å². The van der Waals surface area contributed by atoms with E-state index in [-0.39, 0.29) is 11.9 Å². The van der Waals surface area contributed by atoms with Crippen molar-refractivity contribution >= 4 is 11.8 Å². The molecular weight excluding hydrogens is 287 g/mol. The van der Waals surface area contributed by atoms with Crippen molar-refractivity contribution in [3.8, 4) is 0 Å². The third-order valence-electron chi connectivity index (χ3n) is 3.41. The molecule has 21 heavy (non-hydrogen) atoms. The van der Waals surface area contributed by atoms with E-state index in [2.05, 4.69) is 22.4 Å². The number of nitrogens with zero attached hydrogens (tertiary/aromatic N) is 3. The molecule has 2 aromatic rings. The van der Waals surface area contributed by atoms with Crippen LogP contribution in [0.25, 0.3) is 0 Å². The van der Waals surface area contributed by atoms with Crippen LogP contribution in [0.5, 0.6) is 0 Å². The summed E-state index contributed by atoms with van der Waals surface area (Å²) in [6.45, 7) is 6.96. The van der Waals surface area contributed by atoms with Crippen molar-refractivity contribution in [2.45, 2.75) is 43.3 Å². The van der Waals surface area contributed by atoms with Crippen LogP contribution in [0.4, 0.5) is 4.39 Å². The van der Waals surface area contributed by atoms with Gasteiger partial charge in [-0.15, -0.1) is 10.2 Å². The maximum atomic E-state index is 14.3. The highest BCUT2D eigenvalue weighted by molar-refractivity contribution is 7.99. The summed E-state index contributed by atoms with van der Waals surface area (Å²) in [6.07, 6.45) is 1.06. The second kappa shape index (κ2) is 7.04. The smallest absolute Gasteiger partial charge is 0.195 e. The molecule has 0 fully saturated rings. The Morgan fingerprint density at radius 3 is 2.71 bits per heavy atom. The topological polar surface area (TPSA) is 42.7 Å². The summed E-state index contributed by atoms with van der Waals surface area (Å²) < 4.78 is 16.1. The van der Waals surface area contributed by atoms with Crippen molar-refractivity contribution in [2.24, 2.45) is 7.05 Å². The second-order valence-electron chi connectivity index (χ2n) is 5.06. The first kappa shape index (κ1) is 16.0. The molecule has 2 rings (SSSR count). The van der Waals surface area contributed by atoms with Crippen molar-refractivity contribution in [1.29, 1.82) is 0 Å². The zero-order valence-corrected chi connectivity index (χ0v) is 13.7. The van der Waals surface area contributed by atoms with Gasteiger partial charge in [-0.1, -0.05) is 13.0 Å². The molecule has 4 nitrogen and oxygen atoms in total. The minimum absolute atomic E-state index is 0.149. The van der Waals surface area contributed by atoms with E-state index >= 15 is 0 Å². The number of aromatic nitrogens is 3. The molecule has 0 aliphatic rings. The fourth-order valence-electron chi connectivity index (χ4n) is 1.92.